The Bertz CT molecular complexity index is 866. The van der Waals surface area contributed by atoms with Crippen LogP contribution >= 0.6 is 15.9 Å². The van der Waals surface area contributed by atoms with Crippen LogP contribution in [0.1, 0.15) is 17.3 Å². The van der Waals surface area contributed by atoms with Gasteiger partial charge in [0.1, 0.15) is 5.75 Å². The van der Waals surface area contributed by atoms with Crippen molar-refractivity contribution in [2.75, 3.05) is 43.6 Å². The quantitative estimate of drug-likeness (QED) is 0.662. The van der Waals surface area contributed by atoms with E-state index in [2.05, 4.69) is 26.1 Å². The summed E-state index contributed by atoms with van der Waals surface area (Å²) in [5, 5.41) is 2.77. The summed E-state index contributed by atoms with van der Waals surface area (Å²) in [6.45, 7) is 4.66. The highest BCUT2D eigenvalue weighted by Crippen LogP contribution is 2.26. The largest absolute Gasteiger partial charge is 0.496 e. The molecule has 7 nitrogen and oxygen atoms in total. The Morgan fingerprint density at radius 2 is 1.83 bits per heavy atom. The summed E-state index contributed by atoms with van der Waals surface area (Å²) in [5.41, 5.74) is 2.05. The maximum Gasteiger partial charge on any atom is 0.338 e. The Hall–Kier alpha value is -2.58. The van der Waals surface area contributed by atoms with Crippen LogP contribution in [-0.4, -0.2) is 51.4 Å². The number of hydrogen-bond acceptors (Lipinski definition) is 6. The van der Waals surface area contributed by atoms with Crippen molar-refractivity contribution in [2.45, 2.75) is 13.0 Å². The second-order valence-electron chi connectivity index (χ2n) is 6.53. The van der Waals surface area contributed by atoms with Crippen molar-refractivity contribution in [1.82, 2.24) is 0 Å². The monoisotopic (exact) mass is 462 g/mol. The lowest BCUT2D eigenvalue weighted by Gasteiger charge is -2.28. The van der Waals surface area contributed by atoms with E-state index in [1.54, 1.807) is 18.2 Å². The number of ether oxygens (including phenoxy) is 3. The van der Waals surface area contributed by atoms with Crippen LogP contribution in [0, 0.1) is 0 Å². The molecule has 1 fully saturated rings. The third-order valence-electron chi connectivity index (χ3n) is 4.55. The maximum absolute atomic E-state index is 12.4. The number of carbonyl (C=O) groups excluding carboxylic acids is 2. The number of morpholine rings is 1. The van der Waals surface area contributed by atoms with E-state index in [1.165, 1.54) is 14.0 Å². The smallest absolute Gasteiger partial charge is 0.338 e. The summed E-state index contributed by atoms with van der Waals surface area (Å²) in [5.74, 6) is -0.378. The van der Waals surface area contributed by atoms with Gasteiger partial charge in [-0.3, -0.25) is 4.79 Å². The summed E-state index contributed by atoms with van der Waals surface area (Å²) in [6.07, 6.45) is -0.942. The van der Waals surface area contributed by atoms with Gasteiger partial charge in [0.2, 0.25) is 0 Å². The Morgan fingerprint density at radius 1 is 1.14 bits per heavy atom. The van der Waals surface area contributed by atoms with Crippen LogP contribution in [0.3, 0.4) is 0 Å². The topological polar surface area (TPSA) is 77.1 Å². The second kappa shape index (κ2) is 9.76. The number of esters is 1. The number of nitrogens with one attached hydrogen (secondary N) is 1. The molecule has 0 bridgehead atoms. The molecule has 1 aliphatic rings. The molecule has 1 unspecified atom stereocenters. The Balaban J connectivity index is 1.55. The summed E-state index contributed by atoms with van der Waals surface area (Å²) in [4.78, 5) is 26.9. The minimum Gasteiger partial charge on any atom is -0.496 e. The van der Waals surface area contributed by atoms with E-state index in [1.807, 2.05) is 24.3 Å². The number of anilines is 2. The molecule has 0 aliphatic carbocycles. The van der Waals surface area contributed by atoms with E-state index in [0.717, 1.165) is 18.8 Å². The molecule has 2 aromatic rings. The fourth-order valence-corrected chi connectivity index (χ4v) is 3.44. The summed E-state index contributed by atoms with van der Waals surface area (Å²) in [6, 6.07) is 12.4. The lowest BCUT2D eigenvalue weighted by Crippen LogP contribution is -2.36. The van der Waals surface area contributed by atoms with E-state index in [4.69, 9.17) is 14.2 Å². The fourth-order valence-electron chi connectivity index (χ4n) is 2.90. The third kappa shape index (κ3) is 5.48. The van der Waals surface area contributed by atoms with Gasteiger partial charge < -0.3 is 24.4 Å². The number of amides is 1. The molecule has 1 aliphatic heterocycles. The van der Waals surface area contributed by atoms with Crippen molar-refractivity contribution in [3.05, 3.63) is 52.5 Å². The first-order valence-electron chi connectivity index (χ1n) is 9.26. The van der Waals surface area contributed by atoms with Crippen LogP contribution in [0.25, 0.3) is 0 Å². The summed E-state index contributed by atoms with van der Waals surface area (Å²) in [7, 11) is 1.54. The third-order valence-corrected chi connectivity index (χ3v) is 5.17. The van der Waals surface area contributed by atoms with E-state index in [-0.39, 0.29) is 0 Å². The molecule has 8 heteroatoms. The van der Waals surface area contributed by atoms with Crippen molar-refractivity contribution in [3.63, 3.8) is 0 Å². The minimum absolute atomic E-state index is 0.326. The van der Waals surface area contributed by atoms with Gasteiger partial charge in [0, 0.05) is 24.5 Å². The lowest BCUT2D eigenvalue weighted by molar-refractivity contribution is -0.123. The minimum atomic E-state index is -0.942. The molecule has 0 saturated carbocycles. The zero-order chi connectivity index (χ0) is 20.8. The molecule has 0 aromatic heterocycles. The van der Waals surface area contributed by atoms with Gasteiger partial charge in [-0.1, -0.05) is 0 Å². The lowest BCUT2D eigenvalue weighted by atomic mass is 10.2. The maximum atomic E-state index is 12.4. The molecule has 1 saturated heterocycles. The normalized spacial score (nSPS) is 14.8. The zero-order valence-electron chi connectivity index (χ0n) is 16.3. The van der Waals surface area contributed by atoms with Crippen LogP contribution in [0.15, 0.2) is 46.9 Å². The molecular formula is C21H23BrN2O5. The van der Waals surface area contributed by atoms with Crippen LogP contribution in [0.4, 0.5) is 11.4 Å². The van der Waals surface area contributed by atoms with Crippen molar-refractivity contribution >= 4 is 39.2 Å². The standard InChI is InChI=1S/C21H23BrN2O5/c1-14(29-21(26)15-3-8-19(27-2)18(22)13-15)20(25)23-16-4-6-17(7-5-16)24-9-11-28-12-10-24/h3-8,13-14H,9-12H2,1-2H3,(H,23,25). The van der Waals surface area contributed by atoms with Crippen molar-refractivity contribution in [3.8, 4) is 5.75 Å². The Morgan fingerprint density at radius 3 is 2.45 bits per heavy atom. The molecule has 154 valence electrons. The molecule has 1 heterocycles. The van der Waals surface area contributed by atoms with Crippen molar-refractivity contribution in [2.24, 2.45) is 0 Å². The Labute approximate surface area is 178 Å². The Kier molecular flexibility index (Phi) is 7.11. The highest BCUT2D eigenvalue weighted by atomic mass is 79.9. The number of halogens is 1. The molecule has 0 spiro atoms. The summed E-state index contributed by atoms with van der Waals surface area (Å²) < 4.78 is 16.4. The first kappa shape index (κ1) is 21.1. The number of hydrogen-bond donors (Lipinski definition) is 1. The van der Waals surface area contributed by atoms with Gasteiger partial charge in [0.15, 0.2) is 6.10 Å². The number of methoxy groups -OCH3 is 1. The first-order valence-corrected chi connectivity index (χ1v) is 10.1. The van der Waals surface area contributed by atoms with Crippen LogP contribution in [0.5, 0.6) is 5.75 Å². The van der Waals surface area contributed by atoms with Gasteiger partial charge in [-0.15, -0.1) is 0 Å². The molecule has 29 heavy (non-hydrogen) atoms. The van der Waals surface area contributed by atoms with Crippen molar-refractivity contribution < 1.29 is 23.8 Å². The molecular weight excluding hydrogens is 440 g/mol. The van der Waals surface area contributed by atoms with Gasteiger partial charge in [-0.05, 0) is 65.3 Å². The summed E-state index contributed by atoms with van der Waals surface area (Å²) >= 11 is 3.33. The SMILES string of the molecule is COc1ccc(C(=O)OC(C)C(=O)Nc2ccc(N3CCOCC3)cc2)cc1Br. The number of rotatable bonds is 6. The zero-order valence-corrected chi connectivity index (χ0v) is 17.9. The van der Waals surface area contributed by atoms with E-state index in [9.17, 15) is 9.59 Å². The fraction of sp³-hybridized carbons (Fsp3) is 0.333. The average molecular weight is 463 g/mol. The average Bonchev–Trinajstić information content (AvgIpc) is 2.74. The van der Waals surface area contributed by atoms with Gasteiger partial charge in [-0.2, -0.15) is 0 Å². The van der Waals surface area contributed by atoms with Crippen LogP contribution in [-0.2, 0) is 14.3 Å². The van der Waals surface area contributed by atoms with Gasteiger partial charge in [0.25, 0.3) is 5.91 Å². The molecule has 1 N–H and O–H groups in total. The number of benzene rings is 2. The predicted molar refractivity (Wildman–Crippen MR) is 114 cm³/mol. The number of nitrogens with zero attached hydrogens (tertiary/aromatic N) is 1. The predicted octanol–water partition coefficient (Wildman–Crippen LogP) is 3.48. The van der Waals surface area contributed by atoms with Gasteiger partial charge in [0.05, 0.1) is 30.4 Å². The van der Waals surface area contributed by atoms with Crippen LogP contribution in [0.2, 0.25) is 0 Å². The second-order valence-corrected chi connectivity index (χ2v) is 7.39. The van der Waals surface area contributed by atoms with Gasteiger partial charge >= 0.3 is 5.97 Å². The molecule has 1 atom stereocenters. The van der Waals surface area contributed by atoms with E-state index in [0.29, 0.717) is 34.7 Å². The van der Waals surface area contributed by atoms with E-state index >= 15 is 0 Å². The van der Waals surface area contributed by atoms with Crippen LogP contribution < -0.4 is 15.0 Å². The van der Waals surface area contributed by atoms with E-state index < -0.39 is 18.0 Å². The first-order chi connectivity index (χ1) is 14.0. The molecule has 3 rings (SSSR count). The molecule has 0 radical (unpaired) electrons. The molecule has 1 amide bonds. The van der Waals surface area contributed by atoms with Gasteiger partial charge in [-0.25, -0.2) is 4.79 Å². The van der Waals surface area contributed by atoms with Crippen molar-refractivity contribution in [1.29, 1.82) is 0 Å². The number of carbonyl (C=O) groups is 2. The molecule has 2 aromatic carbocycles. The highest BCUT2D eigenvalue weighted by Gasteiger charge is 2.20. The highest BCUT2D eigenvalue weighted by molar-refractivity contribution is 9.10.